The highest BCUT2D eigenvalue weighted by molar-refractivity contribution is 7.99. The number of aliphatic hydroxyl groups is 1. The van der Waals surface area contributed by atoms with Crippen LogP contribution in [0.2, 0.25) is 5.02 Å². The number of methoxy groups -OCH3 is 1. The van der Waals surface area contributed by atoms with Gasteiger partial charge < -0.3 is 19.8 Å². The number of hydrogen-bond acceptors (Lipinski definition) is 6. The second-order valence-electron chi connectivity index (χ2n) is 9.39. The van der Waals surface area contributed by atoms with Crippen LogP contribution in [0.15, 0.2) is 59.6 Å². The predicted octanol–water partition coefficient (Wildman–Crippen LogP) is 5.92. The molecule has 4 rings (SSSR count). The average Bonchev–Trinajstić information content (AvgIpc) is 2.87. The van der Waals surface area contributed by atoms with Crippen molar-refractivity contribution in [2.75, 3.05) is 32.5 Å². The average molecular weight is 529 g/mol. The molecule has 1 aliphatic heterocycles. The van der Waals surface area contributed by atoms with Crippen molar-refractivity contribution >= 4 is 40.2 Å². The van der Waals surface area contributed by atoms with Crippen LogP contribution in [0.25, 0.3) is 10.9 Å². The molecule has 0 spiro atoms. The first-order chi connectivity index (χ1) is 17.4. The Labute approximate surface area is 221 Å². The number of ether oxygens (including phenoxy) is 1. The lowest BCUT2D eigenvalue weighted by Crippen LogP contribution is -2.42. The number of likely N-dealkylation sites (tertiary alicyclic amines) is 1. The summed E-state index contributed by atoms with van der Waals surface area (Å²) in [6.07, 6.45) is 3.56. The Balaban J connectivity index is 1.34. The highest BCUT2D eigenvalue weighted by Gasteiger charge is 2.31. The first kappa shape index (κ1) is 26.7. The number of nitrogens with zero attached hydrogens (tertiary/aromatic N) is 2. The summed E-state index contributed by atoms with van der Waals surface area (Å²) in [4.78, 5) is 19.5. The van der Waals surface area contributed by atoms with E-state index in [4.69, 9.17) is 16.3 Å². The lowest BCUT2D eigenvalue weighted by molar-refractivity contribution is -0.139. The number of rotatable bonds is 11. The fourth-order valence-electron chi connectivity index (χ4n) is 5.14. The van der Waals surface area contributed by atoms with Gasteiger partial charge in [-0.3, -0.25) is 9.78 Å². The molecule has 0 radical (unpaired) electrons. The van der Waals surface area contributed by atoms with Crippen molar-refractivity contribution in [2.45, 2.75) is 36.7 Å². The maximum Gasteiger partial charge on any atom is 0.303 e. The van der Waals surface area contributed by atoms with Gasteiger partial charge in [-0.05, 0) is 85.7 Å². The molecule has 8 heteroatoms. The summed E-state index contributed by atoms with van der Waals surface area (Å²) in [6, 6.07) is 15.4. The van der Waals surface area contributed by atoms with Gasteiger partial charge in [0.25, 0.3) is 0 Å². The minimum absolute atomic E-state index is 0.0777. The molecule has 0 saturated carbocycles. The summed E-state index contributed by atoms with van der Waals surface area (Å²) in [7, 11) is 1.62. The van der Waals surface area contributed by atoms with E-state index in [2.05, 4.69) is 16.0 Å². The van der Waals surface area contributed by atoms with Crippen LogP contribution in [-0.2, 0) is 4.79 Å². The van der Waals surface area contributed by atoms with Gasteiger partial charge in [0.15, 0.2) is 0 Å². The van der Waals surface area contributed by atoms with Crippen molar-refractivity contribution in [1.82, 2.24) is 9.88 Å². The number of aromatic nitrogens is 1. The van der Waals surface area contributed by atoms with Crippen molar-refractivity contribution in [3.8, 4) is 5.75 Å². The molecule has 3 atom stereocenters. The molecule has 1 aromatic heterocycles. The van der Waals surface area contributed by atoms with E-state index in [0.717, 1.165) is 70.4 Å². The number of carboxylic acids is 1. The monoisotopic (exact) mass is 528 g/mol. The zero-order valence-electron chi connectivity index (χ0n) is 20.5. The number of thioether (sulfide) groups is 1. The molecule has 0 unspecified atom stereocenters. The predicted molar refractivity (Wildman–Crippen MR) is 145 cm³/mol. The molecule has 0 aliphatic carbocycles. The Hall–Kier alpha value is -2.32. The molecule has 192 valence electrons. The molecular formula is C28H33ClN2O4S. The Kier molecular flexibility index (Phi) is 9.48. The number of benzene rings is 2. The zero-order chi connectivity index (χ0) is 25.5. The van der Waals surface area contributed by atoms with Crippen molar-refractivity contribution in [2.24, 2.45) is 11.8 Å². The van der Waals surface area contributed by atoms with E-state index >= 15 is 0 Å². The SMILES string of the molecule is COc1ccc2nccc([C@H](O)CC[C@@H]3CCN(CCSc4cccc(Cl)c4)C[C@@H]3CC(=O)O)c2c1. The van der Waals surface area contributed by atoms with Gasteiger partial charge >= 0.3 is 5.97 Å². The lowest BCUT2D eigenvalue weighted by atomic mass is 9.79. The fourth-order valence-corrected chi connectivity index (χ4v) is 6.36. The summed E-state index contributed by atoms with van der Waals surface area (Å²) in [5.41, 5.74) is 1.66. The molecule has 0 amide bonds. The minimum atomic E-state index is -0.757. The van der Waals surface area contributed by atoms with E-state index < -0.39 is 12.1 Å². The number of aliphatic carboxylic acids is 1. The Morgan fingerprint density at radius 3 is 2.89 bits per heavy atom. The molecule has 1 fully saturated rings. The van der Waals surface area contributed by atoms with Crippen LogP contribution in [0, 0.1) is 11.8 Å². The molecule has 1 aliphatic rings. The largest absolute Gasteiger partial charge is 0.497 e. The zero-order valence-corrected chi connectivity index (χ0v) is 22.0. The Morgan fingerprint density at radius 1 is 1.25 bits per heavy atom. The van der Waals surface area contributed by atoms with Crippen LogP contribution in [0.3, 0.4) is 0 Å². The quantitative estimate of drug-likeness (QED) is 0.299. The third kappa shape index (κ3) is 7.13. The van der Waals surface area contributed by atoms with E-state index in [1.807, 2.05) is 42.5 Å². The Morgan fingerprint density at radius 2 is 2.11 bits per heavy atom. The van der Waals surface area contributed by atoms with Crippen LogP contribution in [0.5, 0.6) is 5.75 Å². The molecule has 2 N–H and O–H groups in total. The van der Waals surface area contributed by atoms with E-state index in [1.54, 1.807) is 25.1 Å². The number of piperidine rings is 1. The van der Waals surface area contributed by atoms with E-state index in [0.29, 0.717) is 6.42 Å². The van der Waals surface area contributed by atoms with Crippen molar-refractivity contribution in [3.05, 3.63) is 65.3 Å². The molecule has 2 aromatic carbocycles. The minimum Gasteiger partial charge on any atom is -0.497 e. The van der Waals surface area contributed by atoms with Gasteiger partial charge in [0.05, 0.1) is 18.7 Å². The first-order valence-corrected chi connectivity index (χ1v) is 13.7. The summed E-state index contributed by atoms with van der Waals surface area (Å²) in [5, 5.41) is 22.2. The van der Waals surface area contributed by atoms with E-state index in [1.165, 1.54) is 0 Å². The maximum atomic E-state index is 11.6. The lowest BCUT2D eigenvalue weighted by Gasteiger charge is -2.38. The number of carboxylic acid groups (broad SMARTS) is 1. The number of pyridine rings is 1. The van der Waals surface area contributed by atoms with Gasteiger partial charge in [-0.15, -0.1) is 11.8 Å². The number of halogens is 1. The summed E-state index contributed by atoms with van der Waals surface area (Å²) in [6.45, 7) is 2.63. The smallest absolute Gasteiger partial charge is 0.303 e. The fraction of sp³-hybridized carbons (Fsp3) is 0.429. The highest BCUT2D eigenvalue weighted by atomic mass is 35.5. The van der Waals surface area contributed by atoms with Gasteiger partial charge in [0.2, 0.25) is 0 Å². The maximum absolute atomic E-state index is 11.6. The normalized spacial score (nSPS) is 19.3. The molecule has 2 heterocycles. The van der Waals surface area contributed by atoms with Gasteiger partial charge in [-0.25, -0.2) is 0 Å². The molecule has 1 saturated heterocycles. The van der Waals surface area contributed by atoms with Crippen LogP contribution in [0.1, 0.15) is 37.4 Å². The highest BCUT2D eigenvalue weighted by Crippen LogP contribution is 2.35. The van der Waals surface area contributed by atoms with Gasteiger partial charge in [-0.1, -0.05) is 17.7 Å². The second-order valence-corrected chi connectivity index (χ2v) is 11.0. The standard InChI is InChI=1S/C28H33ClN2O4S/c1-35-22-6-7-26-25(17-22)24(9-11-30-26)27(32)8-5-19-10-12-31(18-20(19)15-28(33)34)13-14-36-23-4-2-3-21(29)16-23/h2-4,6-7,9,11,16-17,19-20,27,32H,5,8,10,12-15,18H2,1H3,(H,33,34)/t19-,20+,27-/m1/s1. The molecule has 3 aromatic rings. The molecule has 0 bridgehead atoms. The van der Waals surface area contributed by atoms with Gasteiger partial charge in [0, 0.05) is 46.8 Å². The Bertz CT molecular complexity index is 1180. The number of hydrogen-bond donors (Lipinski definition) is 2. The number of carbonyl (C=O) groups is 1. The van der Waals surface area contributed by atoms with Crippen LogP contribution in [-0.4, -0.2) is 58.6 Å². The number of aliphatic hydroxyl groups excluding tert-OH is 1. The molecule has 6 nitrogen and oxygen atoms in total. The number of fused-ring (bicyclic) bond motifs is 1. The van der Waals surface area contributed by atoms with Crippen LogP contribution in [0.4, 0.5) is 0 Å². The van der Waals surface area contributed by atoms with Crippen molar-refractivity contribution < 1.29 is 19.7 Å². The van der Waals surface area contributed by atoms with E-state index in [-0.39, 0.29) is 18.3 Å². The first-order valence-electron chi connectivity index (χ1n) is 12.4. The summed E-state index contributed by atoms with van der Waals surface area (Å²) in [5.74, 6) is 1.26. The third-order valence-corrected chi connectivity index (χ3v) is 8.25. The molecular weight excluding hydrogens is 496 g/mol. The summed E-state index contributed by atoms with van der Waals surface area (Å²) < 4.78 is 5.35. The van der Waals surface area contributed by atoms with E-state index in [9.17, 15) is 15.0 Å². The van der Waals surface area contributed by atoms with Crippen LogP contribution < -0.4 is 4.74 Å². The molecule has 36 heavy (non-hydrogen) atoms. The van der Waals surface area contributed by atoms with Gasteiger partial charge in [-0.2, -0.15) is 0 Å². The third-order valence-electron chi connectivity index (χ3n) is 7.04. The summed E-state index contributed by atoms with van der Waals surface area (Å²) >= 11 is 7.85. The van der Waals surface area contributed by atoms with Gasteiger partial charge in [0.1, 0.15) is 5.75 Å². The topological polar surface area (TPSA) is 82.9 Å². The van der Waals surface area contributed by atoms with Crippen LogP contribution >= 0.6 is 23.4 Å². The van der Waals surface area contributed by atoms with Crippen molar-refractivity contribution in [3.63, 3.8) is 0 Å². The van der Waals surface area contributed by atoms with Crippen molar-refractivity contribution in [1.29, 1.82) is 0 Å². The second kappa shape index (κ2) is 12.8.